The fraction of sp³-hybridized carbons (Fsp3) is 0.308. The fourth-order valence-corrected chi connectivity index (χ4v) is 2.62. The first-order chi connectivity index (χ1) is 7.66. The van der Waals surface area contributed by atoms with E-state index < -0.39 is 0 Å². The van der Waals surface area contributed by atoms with E-state index in [4.69, 9.17) is 0 Å². The zero-order valence-corrected chi connectivity index (χ0v) is 9.42. The highest BCUT2D eigenvalue weighted by atomic mass is 16.1. The van der Waals surface area contributed by atoms with Crippen LogP contribution in [0.25, 0.3) is 11.3 Å². The Bertz CT molecular complexity index is 607. The van der Waals surface area contributed by atoms with E-state index in [1.165, 1.54) is 11.1 Å². The predicted octanol–water partition coefficient (Wildman–Crippen LogP) is 2.34. The number of H-pyrrole nitrogens is 2. The number of aromatic nitrogens is 2. The second kappa shape index (κ2) is 3.11. The SMILES string of the molecule is Cc1ccc2c(c1)C[C@@H](C)c1c-2[nH][nH]c1=O. The lowest BCUT2D eigenvalue weighted by Gasteiger charge is -2.21. The molecule has 82 valence electrons. The van der Waals surface area contributed by atoms with E-state index in [9.17, 15) is 4.79 Å². The van der Waals surface area contributed by atoms with E-state index in [0.717, 1.165) is 23.2 Å². The van der Waals surface area contributed by atoms with Crippen LogP contribution in [0.2, 0.25) is 0 Å². The molecule has 0 bridgehead atoms. The van der Waals surface area contributed by atoms with Crippen LogP contribution in [0, 0.1) is 6.92 Å². The quantitative estimate of drug-likeness (QED) is 0.694. The maximum Gasteiger partial charge on any atom is 0.267 e. The summed E-state index contributed by atoms with van der Waals surface area (Å²) in [4.78, 5) is 11.7. The summed E-state index contributed by atoms with van der Waals surface area (Å²) in [6.45, 7) is 4.20. The number of aryl methyl sites for hydroxylation is 1. The minimum Gasteiger partial charge on any atom is -0.297 e. The molecular weight excluding hydrogens is 200 g/mol. The average Bonchev–Trinajstić information content (AvgIpc) is 2.61. The molecule has 0 spiro atoms. The van der Waals surface area contributed by atoms with E-state index in [2.05, 4.69) is 42.2 Å². The van der Waals surface area contributed by atoms with Crippen LogP contribution in [-0.2, 0) is 6.42 Å². The third-order valence-electron chi connectivity index (χ3n) is 3.36. The third-order valence-corrected chi connectivity index (χ3v) is 3.36. The van der Waals surface area contributed by atoms with Crippen LogP contribution >= 0.6 is 0 Å². The van der Waals surface area contributed by atoms with Crippen molar-refractivity contribution < 1.29 is 0 Å². The van der Waals surface area contributed by atoms with Gasteiger partial charge in [0.1, 0.15) is 0 Å². The zero-order chi connectivity index (χ0) is 11.3. The Hall–Kier alpha value is -1.77. The maximum absolute atomic E-state index is 11.7. The van der Waals surface area contributed by atoms with Crippen molar-refractivity contribution in [1.29, 1.82) is 0 Å². The first-order valence-electron chi connectivity index (χ1n) is 5.57. The van der Waals surface area contributed by atoms with Gasteiger partial charge in [0.25, 0.3) is 5.56 Å². The fourth-order valence-electron chi connectivity index (χ4n) is 2.62. The minimum absolute atomic E-state index is 0.0220. The van der Waals surface area contributed by atoms with Gasteiger partial charge in [-0.2, -0.15) is 0 Å². The molecule has 1 atom stereocenters. The van der Waals surface area contributed by atoms with E-state index in [0.29, 0.717) is 5.92 Å². The Balaban J connectivity index is 2.32. The van der Waals surface area contributed by atoms with Crippen molar-refractivity contribution in [2.24, 2.45) is 0 Å². The van der Waals surface area contributed by atoms with Crippen LogP contribution in [0.4, 0.5) is 0 Å². The topological polar surface area (TPSA) is 48.6 Å². The molecule has 0 saturated carbocycles. The number of nitrogens with one attached hydrogen (secondary N) is 2. The maximum atomic E-state index is 11.7. The molecule has 1 aromatic carbocycles. The Morgan fingerprint density at radius 2 is 2.12 bits per heavy atom. The molecule has 0 amide bonds. The van der Waals surface area contributed by atoms with Gasteiger partial charge in [-0.05, 0) is 24.8 Å². The van der Waals surface area contributed by atoms with Crippen LogP contribution < -0.4 is 5.56 Å². The van der Waals surface area contributed by atoms with E-state index in [1.54, 1.807) is 0 Å². The molecule has 0 radical (unpaired) electrons. The summed E-state index contributed by atoms with van der Waals surface area (Å²) in [6, 6.07) is 6.39. The molecule has 0 unspecified atom stereocenters. The van der Waals surface area contributed by atoms with E-state index in [-0.39, 0.29) is 5.56 Å². The second-order valence-electron chi connectivity index (χ2n) is 4.63. The van der Waals surface area contributed by atoms with Crippen molar-refractivity contribution in [3.05, 3.63) is 45.2 Å². The van der Waals surface area contributed by atoms with Crippen molar-refractivity contribution in [2.45, 2.75) is 26.2 Å². The first kappa shape index (κ1) is 9.46. The van der Waals surface area contributed by atoms with Crippen LogP contribution in [0.5, 0.6) is 0 Å². The minimum atomic E-state index is 0.0220. The molecule has 1 aliphatic rings. The van der Waals surface area contributed by atoms with Crippen LogP contribution in [0.15, 0.2) is 23.0 Å². The summed E-state index contributed by atoms with van der Waals surface area (Å²) in [6.07, 6.45) is 0.949. The summed E-state index contributed by atoms with van der Waals surface area (Å²) < 4.78 is 0. The average molecular weight is 214 g/mol. The predicted molar refractivity (Wildman–Crippen MR) is 63.7 cm³/mol. The second-order valence-corrected chi connectivity index (χ2v) is 4.63. The van der Waals surface area contributed by atoms with Gasteiger partial charge in [0.05, 0.1) is 5.69 Å². The van der Waals surface area contributed by atoms with Gasteiger partial charge >= 0.3 is 0 Å². The summed E-state index contributed by atoms with van der Waals surface area (Å²) >= 11 is 0. The lowest BCUT2D eigenvalue weighted by molar-refractivity contribution is 0.743. The van der Waals surface area contributed by atoms with Crippen molar-refractivity contribution in [1.82, 2.24) is 10.2 Å². The molecule has 0 saturated heterocycles. The van der Waals surface area contributed by atoms with Crippen LogP contribution in [0.3, 0.4) is 0 Å². The molecule has 16 heavy (non-hydrogen) atoms. The van der Waals surface area contributed by atoms with E-state index in [1.807, 2.05) is 0 Å². The highest BCUT2D eigenvalue weighted by molar-refractivity contribution is 5.70. The molecule has 1 aromatic heterocycles. The summed E-state index contributed by atoms with van der Waals surface area (Å²) in [7, 11) is 0. The first-order valence-corrected chi connectivity index (χ1v) is 5.57. The van der Waals surface area contributed by atoms with Crippen molar-refractivity contribution in [3.8, 4) is 11.3 Å². The number of fused-ring (bicyclic) bond motifs is 3. The Labute approximate surface area is 93.5 Å². The van der Waals surface area contributed by atoms with Gasteiger partial charge in [-0.15, -0.1) is 0 Å². The smallest absolute Gasteiger partial charge is 0.267 e. The molecule has 0 aliphatic heterocycles. The molecule has 0 fully saturated rings. The Kier molecular flexibility index (Phi) is 1.84. The molecule has 2 N–H and O–H groups in total. The number of hydrogen-bond donors (Lipinski definition) is 2. The van der Waals surface area contributed by atoms with Crippen molar-refractivity contribution in [3.63, 3.8) is 0 Å². The van der Waals surface area contributed by atoms with Crippen LogP contribution in [-0.4, -0.2) is 10.2 Å². The van der Waals surface area contributed by atoms with Gasteiger partial charge < -0.3 is 0 Å². The molecule has 3 nitrogen and oxygen atoms in total. The molecule has 1 aliphatic carbocycles. The summed E-state index contributed by atoms with van der Waals surface area (Å²) in [5.74, 6) is 0.291. The van der Waals surface area contributed by atoms with Gasteiger partial charge in [0, 0.05) is 11.1 Å². The number of benzene rings is 1. The van der Waals surface area contributed by atoms with Gasteiger partial charge in [-0.1, -0.05) is 30.7 Å². The van der Waals surface area contributed by atoms with Gasteiger partial charge in [0.2, 0.25) is 0 Å². The highest BCUT2D eigenvalue weighted by Crippen LogP contribution is 2.36. The lowest BCUT2D eigenvalue weighted by Crippen LogP contribution is -2.15. The van der Waals surface area contributed by atoms with Crippen molar-refractivity contribution >= 4 is 0 Å². The highest BCUT2D eigenvalue weighted by Gasteiger charge is 2.25. The van der Waals surface area contributed by atoms with Gasteiger partial charge in [-0.3, -0.25) is 15.0 Å². The van der Waals surface area contributed by atoms with E-state index >= 15 is 0 Å². The molecule has 3 rings (SSSR count). The Morgan fingerprint density at radius 1 is 1.31 bits per heavy atom. The summed E-state index contributed by atoms with van der Waals surface area (Å²) in [5.41, 5.74) is 5.66. The lowest BCUT2D eigenvalue weighted by atomic mass is 9.83. The third kappa shape index (κ3) is 1.18. The zero-order valence-electron chi connectivity index (χ0n) is 9.42. The van der Waals surface area contributed by atoms with Crippen LogP contribution in [0.1, 0.15) is 29.5 Å². The molecule has 1 heterocycles. The number of rotatable bonds is 0. The standard InChI is InChI=1S/C13H14N2O/c1-7-3-4-10-9(5-7)6-8(2)11-12(10)14-15-13(11)16/h3-5,8H,6H2,1-2H3,(H2,14,15,16)/t8-/m1/s1. The number of aromatic amines is 2. The summed E-state index contributed by atoms with van der Waals surface area (Å²) in [5, 5.41) is 5.68. The monoisotopic (exact) mass is 214 g/mol. The Morgan fingerprint density at radius 3 is 2.94 bits per heavy atom. The van der Waals surface area contributed by atoms with Gasteiger partial charge in [-0.25, -0.2) is 0 Å². The largest absolute Gasteiger partial charge is 0.297 e. The molecular formula is C13H14N2O. The van der Waals surface area contributed by atoms with Crippen molar-refractivity contribution in [2.75, 3.05) is 0 Å². The van der Waals surface area contributed by atoms with Gasteiger partial charge in [0.15, 0.2) is 0 Å². The molecule has 2 aromatic rings. The molecule has 3 heteroatoms. The number of hydrogen-bond acceptors (Lipinski definition) is 1. The normalized spacial score (nSPS) is 18.0.